The van der Waals surface area contributed by atoms with E-state index < -0.39 is 5.41 Å². The van der Waals surface area contributed by atoms with Crippen molar-refractivity contribution in [1.29, 1.82) is 0 Å². The molecule has 5 nitrogen and oxygen atoms in total. The fraction of sp³-hybridized carbons (Fsp3) is 0.632. The van der Waals surface area contributed by atoms with E-state index in [1.807, 2.05) is 16.8 Å². The zero-order valence-electron chi connectivity index (χ0n) is 14.7. The van der Waals surface area contributed by atoms with Gasteiger partial charge in [0.1, 0.15) is 5.82 Å². The normalized spacial score (nSPS) is 24.8. The molecule has 1 amide bonds. The lowest BCUT2D eigenvalue weighted by atomic mass is 9.94. The number of carbonyl (C=O) groups is 1. The van der Waals surface area contributed by atoms with E-state index >= 15 is 0 Å². The fourth-order valence-corrected chi connectivity index (χ4v) is 4.00. The van der Waals surface area contributed by atoms with E-state index in [9.17, 15) is 14.3 Å². The van der Waals surface area contributed by atoms with Crippen molar-refractivity contribution in [3.05, 3.63) is 35.6 Å². The van der Waals surface area contributed by atoms with Crippen LogP contribution in [0.1, 0.15) is 18.4 Å². The van der Waals surface area contributed by atoms with E-state index in [0.717, 1.165) is 24.9 Å². The van der Waals surface area contributed by atoms with Gasteiger partial charge in [-0.15, -0.1) is 0 Å². The molecule has 2 aliphatic rings. The second-order valence-electron chi connectivity index (χ2n) is 7.49. The Morgan fingerprint density at radius 1 is 1.24 bits per heavy atom. The molecule has 25 heavy (non-hydrogen) atoms. The van der Waals surface area contributed by atoms with Crippen molar-refractivity contribution in [3.63, 3.8) is 0 Å². The summed E-state index contributed by atoms with van der Waals surface area (Å²) in [6.07, 6.45) is 1.60. The Morgan fingerprint density at radius 3 is 2.44 bits per heavy atom. The summed E-state index contributed by atoms with van der Waals surface area (Å²) in [5, 5.41) is 18.7. The van der Waals surface area contributed by atoms with Gasteiger partial charge in [0.2, 0.25) is 5.91 Å². The Morgan fingerprint density at radius 2 is 1.88 bits per heavy atom. The molecule has 2 N–H and O–H groups in total. The average Bonchev–Trinajstić information content (AvgIpc) is 3.30. The summed E-state index contributed by atoms with van der Waals surface area (Å²) in [4.78, 5) is 17.0. The van der Waals surface area contributed by atoms with Crippen LogP contribution in [0.3, 0.4) is 0 Å². The van der Waals surface area contributed by atoms with Crippen molar-refractivity contribution in [3.8, 4) is 0 Å². The average molecular weight is 350 g/mol. The topological polar surface area (TPSA) is 64.0 Å². The van der Waals surface area contributed by atoms with Crippen LogP contribution in [0, 0.1) is 17.7 Å². The lowest BCUT2D eigenvalue weighted by Crippen LogP contribution is -2.38. The number of hydrogen-bond acceptors (Lipinski definition) is 4. The number of nitrogens with zero attached hydrogens (tertiary/aromatic N) is 2. The molecule has 1 aromatic rings. The summed E-state index contributed by atoms with van der Waals surface area (Å²) < 4.78 is 13.2. The number of aliphatic hydroxyl groups excluding tert-OH is 2. The van der Waals surface area contributed by atoms with Gasteiger partial charge in [0.05, 0.1) is 12.0 Å². The number of rotatable bonds is 7. The molecule has 0 radical (unpaired) electrons. The first-order valence-electron chi connectivity index (χ1n) is 8.96. The fourth-order valence-electron chi connectivity index (χ4n) is 4.00. The highest BCUT2D eigenvalue weighted by molar-refractivity contribution is 5.91. The summed E-state index contributed by atoms with van der Waals surface area (Å²) in [6.45, 7) is 2.69. The van der Waals surface area contributed by atoms with Gasteiger partial charge in [-0.25, -0.2) is 4.39 Å². The summed E-state index contributed by atoms with van der Waals surface area (Å²) in [5.41, 5.74) is 0.389. The third kappa shape index (κ3) is 3.71. The van der Waals surface area contributed by atoms with Gasteiger partial charge in [-0.2, -0.15) is 0 Å². The maximum absolute atomic E-state index is 13.2. The number of halogens is 1. The van der Waals surface area contributed by atoms with Crippen LogP contribution in [0.2, 0.25) is 0 Å². The van der Waals surface area contributed by atoms with Crippen LogP contribution < -0.4 is 0 Å². The van der Waals surface area contributed by atoms with Crippen molar-refractivity contribution in [2.75, 3.05) is 46.4 Å². The predicted octanol–water partition coefficient (Wildman–Crippen LogP) is 0.848. The molecule has 1 saturated carbocycles. The van der Waals surface area contributed by atoms with Crippen molar-refractivity contribution in [1.82, 2.24) is 9.80 Å². The molecule has 1 heterocycles. The molecule has 2 fully saturated rings. The molecule has 1 aliphatic heterocycles. The van der Waals surface area contributed by atoms with Crippen LogP contribution in [0.25, 0.3) is 0 Å². The van der Waals surface area contributed by atoms with E-state index in [0.29, 0.717) is 19.6 Å². The molecule has 6 heteroatoms. The molecule has 0 unspecified atom stereocenters. The molecule has 2 atom stereocenters. The summed E-state index contributed by atoms with van der Waals surface area (Å²) in [5.74, 6) is 0.0778. The van der Waals surface area contributed by atoms with Gasteiger partial charge >= 0.3 is 0 Å². The van der Waals surface area contributed by atoms with E-state index in [-0.39, 0.29) is 36.8 Å². The van der Waals surface area contributed by atoms with E-state index in [4.69, 9.17) is 5.11 Å². The van der Waals surface area contributed by atoms with E-state index in [2.05, 4.69) is 0 Å². The highest BCUT2D eigenvalue weighted by atomic mass is 19.1. The van der Waals surface area contributed by atoms with Crippen molar-refractivity contribution >= 4 is 5.91 Å². The lowest BCUT2D eigenvalue weighted by molar-refractivity contribution is -0.133. The van der Waals surface area contributed by atoms with Crippen LogP contribution in [-0.4, -0.2) is 72.4 Å². The minimum atomic E-state index is -0.500. The number of hydrogen-bond donors (Lipinski definition) is 2. The quantitative estimate of drug-likeness (QED) is 0.765. The first-order valence-corrected chi connectivity index (χ1v) is 8.96. The van der Waals surface area contributed by atoms with Crippen molar-refractivity contribution in [2.45, 2.75) is 18.3 Å². The molecule has 0 bridgehead atoms. The van der Waals surface area contributed by atoms with Crippen molar-refractivity contribution in [2.24, 2.45) is 11.8 Å². The maximum atomic E-state index is 13.2. The van der Waals surface area contributed by atoms with Crippen LogP contribution in [0.5, 0.6) is 0 Å². The Kier molecular flexibility index (Phi) is 5.41. The standard InChI is InChI=1S/C19H27FN2O3/c1-21(8-9-23)10-14-11-22(12-15(14)13-24)18(25)19(6-7-19)16-2-4-17(20)5-3-16/h2-5,14-15,23-24H,6-13H2,1H3/t14-,15-/m1/s1. The number of likely N-dealkylation sites (tertiary alicyclic amines) is 1. The van der Waals surface area contributed by atoms with Gasteiger partial charge in [0.25, 0.3) is 0 Å². The molecular weight excluding hydrogens is 323 g/mol. The highest BCUT2D eigenvalue weighted by Crippen LogP contribution is 2.50. The third-order valence-corrected chi connectivity index (χ3v) is 5.68. The van der Waals surface area contributed by atoms with Gasteiger partial charge in [-0.05, 0) is 43.5 Å². The van der Waals surface area contributed by atoms with Crippen LogP contribution in [-0.2, 0) is 10.2 Å². The van der Waals surface area contributed by atoms with Crippen molar-refractivity contribution < 1.29 is 19.4 Å². The van der Waals surface area contributed by atoms with Gasteiger partial charge in [0.15, 0.2) is 0 Å². The third-order valence-electron chi connectivity index (χ3n) is 5.68. The number of amides is 1. The Labute approximate surface area is 148 Å². The second-order valence-corrected chi connectivity index (χ2v) is 7.49. The van der Waals surface area contributed by atoms with Gasteiger partial charge in [-0.1, -0.05) is 12.1 Å². The number of likely N-dealkylation sites (N-methyl/N-ethyl adjacent to an activating group) is 1. The van der Waals surface area contributed by atoms with E-state index in [1.165, 1.54) is 12.1 Å². The number of benzene rings is 1. The van der Waals surface area contributed by atoms with Gasteiger partial charge in [0, 0.05) is 38.7 Å². The molecule has 1 saturated heterocycles. The predicted molar refractivity (Wildman–Crippen MR) is 92.5 cm³/mol. The molecule has 0 spiro atoms. The first kappa shape index (κ1) is 18.3. The summed E-state index contributed by atoms with van der Waals surface area (Å²) in [7, 11) is 1.94. The maximum Gasteiger partial charge on any atom is 0.233 e. The zero-order chi connectivity index (χ0) is 18.0. The summed E-state index contributed by atoms with van der Waals surface area (Å²) >= 11 is 0. The second kappa shape index (κ2) is 7.40. The Balaban J connectivity index is 1.69. The minimum absolute atomic E-state index is 0.0605. The Bertz CT molecular complexity index is 603. The monoisotopic (exact) mass is 350 g/mol. The minimum Gasteiger partial charge on any atom is -0.396 e. The van der Waals surface area contributed by atoms with Gasteiger partial charge < -0.3 is 20.0 Å². The van der Waals surface area contributed by atoms with E-state index in [1.54, 1.807) is 12.1 Å². The Hall–Kier alpha value is -1.50. The van der Waals surface area contributed by atoms with Crippen LogP contribution in [0.15, 0.2) is 24.3 Å². The molecule has 1 aliphatic carbocycles. The summed E-state index contributed by atoms with van der Waals surface area (Å²) in [6, 6.07) is 6.25. The lowest BCUT2D eigenvalue weighted by Gasteiger charge is -2.25. The molecule has 0 aromatic heterocycles. The smallest absolute Gasteiger partial charge is 0.233 e. The van der Waals surface area contributed by atoms with Crippen LogP contribution in [0.4, 0.5) is 4.39 Å². The first-order chi connectivity index (χ1) is 12.0. The molecule has 138 valence electrons. The number of aliphatic hydroxyl groups is 2. The molecule has 1 aromatic carbocycles. The van der Waals surface area contributed by atoms with Gasteiger partial charge in [-0.3, -0.25) is 4.79 Å². The molecule has 3 rings (SSSR count). The SMILES string of the molecule is CN(CCO)C[C@@H]1CN(C(=O)C2(c3ccc(F)cc3)CC2)C[C@@H]1CO. The number of carbonyl (C=O) groups excluding carboxylic acids is 1. The molecular formula is C19H27FN2O3. The zero-order valence-corrected chi connectivity index (χ0v) is 14.7. The van der Waals surface area contributed by atoms with Crippen LogP contribution >= 0.6 is 0 Å². The highest BCUT2D eigenvalue weighted by Gasteiger charge is 2.54. The largest absolute Gasteiger partial charge is 0.396 e.